The van der Waals surface area contributed by atoms with Crippen LogP contribution in [0.3, 0.4) is 0 Å². The molecule has 0 heterocycles. The smallest absolute Gasteiger partial charge is 0.0645 e. The van der Waals surface area contributed by atoms with Gasteiger partial charge in [0.1, 0.15) is 0 Å². The predicted octanol–water partition coefficient (Wildman–Crippen LogP) is 8.95. The van der Waals surface area contributed by atoms with E-state index in [0.29, 0.717) is 0 Å². The molecule has 0 spiro atoms. The Kier molecular flexibility index (Phi) is 24.5. The Morgan fingerprint density at radius 3 is 0.880 bits per heavy atom. The van der Waals surface area contributed by atoms with E-state index in [0.717, 1.165) is 6.16 Å². The van der Waals surface area contributed by atoms with Gasteiger partial charge in [-0.25, -0.2) is 0 Å². The van der Waals surface area contributed by atoms with E-state index in [-0.39, 0.29) is 0 Å². The second kappa shape index (κ2) is 24.2. The highest BCUT2D eigenvalue weighted by atomic mass is 31.1. The molecule has 0 amide bonds. The van der Waals surface area contributed by atoms with Gasteiger partial charge < -0.3 is 4.57 Å². The molecule has 0 aromatic rings. The van der Waals surface area contributed by atoms with Gasteiger partial charge in [-0.15, -0.1) is 0 Å². The topological polar surface area (TPSA) is 17.1 Å². The van der Waals surface area contributed by atoms with Crippen molar-refractivity contribution in [2.24, 2.45) is 0 Å². The zero-order valence-electron chi connectivity index (χ0n) is 17.5. The zero-order valence-corrected chi connectivity index (χ0v) is 18.7. The monoisotopic (exact) mass is 372 g/mol. The normalized spacial score (nSPS) is 11.7. The molecule has 0 saturated heterocycles. The minimum absolute atomic E-state index is 0.494. The van der Waals surface area contributed by atoms with Crippen molar-refractivity contribution in [2.75, 3.05) is 6.16 Å². The highest BCUT2D eigenvalue weighted by molar-refractivity contribution is 7.23. The summed E-state index contributed by atoms with van der Waals surface area (Å²) in [6, 6.07) is 0. The van der Waals surface area contributed by atoms with Crippen molar-refractivity contribution >= 4 is 8.46 Å². The third-order valence-corrected chi connectivity index (χ3v) is 6.07. The molecule has 0 aromatic carbocycles. The van der Waals surface area contributed by atoms with Crippen molar-refractivity contribution < 1.29 is 4.57 Å². The average Bonchev–Trinajstić information content (AvgIpc) is 2.63. The van der Waals surface area contributed by atoms with Crippen LogP contribution in [0, 0.1) is 0 Å². The van der Waals surface area contributed by atoms with Gasteiger partial charge in [0.15, 0.2) is 0 Å². The first-order valence-corrected chi connectivity index (χ1v) is 13.1. The van der Waals surface area contributed by atoms with Gasteiger partial charge in [0.05, 0.1) is 8.46 Å². The van der Waals surface area contributed by atoms with Gasteiger partial charge >= 0.3 is 0 Å². The zero-order chi connectivity index (χ0) is 18.3. The molecule has 152 valence electrons. The maximum atomic E-state index is 10.4. The Labute approximate surface area is 161 Å². The van der Waals surface area contributed by atoms with E-state index in [1.165, 1.54) is 135 Å². The first kappa shape index (κ1) is 25.2. The van der Waals surface area contributed by atoms with Crippen molar-refractivity contribution in [3.8, 4) is 0 Å². The lowest BCUT2D eigenvalue weighted by molar-refractivity contribution is 0.521. The van der Waals surface area contributed by atoms with E-state index in [4.69, 9.17) is 0 Å². The fourth-order valence-electron chi connectivity index (χ4n) is 3.66. The highest BCUT2D eigenvalue weighted by Crippen LogP contribution is 2.15. The van der Waals surface area contributed by atoms with E-state index in [1.54, 1.807) is 0 Å². The van der Waals surface area contributed by atoms with E-state index in [1.807, 2.05) is 0 Å². The maximum absolute atomic E-state index is 10.4. The number of hydrogen-bond acceptors (Lipinski definition) is 1. The molecule has 0 aliphatic heterocycles. The Hall–Kier alpha value is 0.230. The van der Waals surface area contributed by atoms with Crippen molar-refractivity contribution in [1.82, 2.24) is 0 Å². The Bertz CT molecular complexity index is 242. The van der Waals surface area contributed by atoms with Crippen molar-refractivity contribution in [3.05, 3.63) is 0 Å². The van der Waals surface area contributed by atoms with Crippen LogP contribution in [0.25, 0.3) is 0 Å². The van der Waals surface area contributed by atoms with E-state index < -0.39 is 8.46 Å². The Morgan fingerprint density at radius 2 is 0.640 bits per heavy atom. The lowest BCUT2D eigenvalue weighted by Gasteiger charge is -2.04. The van der Waals surface area contributed by atoms with Crippen LogP contribution < -0.4 is 0 Å². The Balaban J connectivity index is 2.95. The summed E-state index contributed by atoms with van der Waals surface area (Å²) in [5.74, 6) is 0. The first-order valence-electron chi connectivity index (χ1n) is 11.9. The number of rotatable bonds is 22. The van der Waals surface area contributed by atoms with Crippen LogP contribution >= 0.6 is 8.46 Å². The number of hydrogen-bond donors (Lipinski definition) is 0. The third-order valence-electron chi connectivity index (χ3n) is 5.43. The van der Waals surface area contributed by atoms with Crippen LogP contribution in [-0.2, 0) is 4.57 Å². The van der Waals surface area contributed by atoms with E-state index in [9.17, 15) is 4.57 Å². The summed E-state index contributed by atoms with van der Waals surface area (Å²) in [5.41, 5.74) is 0. The molecule has 1 nitrogen and oxygen atoms in total. The summed E-state index contributed by atoms with van der Waals surface area (Å²) in [7, 11) is -0.494. The Morgan fingerprint density at radius 1 is 0.400 bits per heavy atom. The van der Waals surface area contributed by atoms with Crippen LogP contribution in [0.4, 0.5) is 0 Å². The molecule has 0 rings (SSSR count). The average molecular weight is 373 g/mol. The fourth-order valence-corrected chi connectivity index (χ4v) is 4.11. The van der Waals surface area contributed by atoms with Gasteiger partial charge in [0, 0.05) is 0 Å². The fraction of sp³-hybridized carbons (Fsp3) is 1.00. The van der Waals surface area contributed by atoms with E-state index >= 15 is 0 Å². The van der Waals surface area contributed by atoms with Crippen molar-refractivity contribution in [3.63, 3.8) is 0 Å². The summed E-state index contributed by atoms with van der Waals surface area (Å²) < 4.78 is 10.4. The second-order valence-corrected chi connectivity index (χ2v) is 8.94. The molecule has 0 saturated carbocycles. The van der Waals surface area contributed by atoms with Gasteiger partial charge in [0.2, 0.25) is 0 Å². The second-order valence-electron chi connectivity index (χ2n) is 8.03. The highest BCUT2D eigenvalue weighted by Gasteiger charge is 1.95. The maximum Gasteiger partial charge on any atom is 0.0645 e. The summed E-state index contributed by atoms with van der Waals surface area (Å²) >= 11 is 0. The molecular formula is C23H49OP. The predicted molar refractivity (Wildman–Crippen MR) is 118 cm³/mol. The first-order chi connectivity index (χ1) is 12.4. The van der Waals surface area contributed by atoms with Gasteiger partial charge in [0.25, 0.3) is 0 Å². The van der Waals surface area contributed by atoms with Gasteiger partial charge in [-0.3, -0.25) is 0 Å². The third kappa shape index (κ3) is 24.2. The quantitative estimate of drug-likeness (QED) is 0.137. The summed E-state index contributed by atoms with van der Waals surface area (Å²) in [6.07, 6.45) is 31.0. The molecule has 0 fully saturated rings. The van der Waals surface area contributed by atoms with Crippen molar-refractivity contribution in [2.45, 2.75) is 142 Å². The summed E-state index contributed by atoms with van der Waals surface area (Å²) in [6.45, 7) is 2.29. The number of unbranched alkanes of at least 4 members (excludes halogenated alkanes) is 20. The van der Waals surface area contributed by atoms with Crippen LogP contribution in [0.1, 0.15) is 142 Å². The van der Waals surface area contributed by atoms with Crippen LogP contribution in [-0.4, -0.2) is 6.16 Å². The van der Waals surface area contributed by atoms with Gasteiger partial charge in [-0.05, 0) is 12.6 Å². The molecule has 1 atom stereocenters. The van der Waals surface area contributed by atoms with E-state index in [2.05, 4.69) is 6.92 Å². The lowest BCUT2D eigenvalue weighted by Crippen LogP contribution is -1.84. The van der Waals surface area contributed by atoms with Crippen LogP contribution in [0.15, 0.2) is 0 Å². The molecule has 0 aliphatic carbocycles. The molecular weight excluding hydrogens is 323 g/mol. The molecule has 0 bridgehead atoms. The van der Waals surface area contributed by atoms with Crippen molar-refractivity contribution in [1.29, 1.82) is 0 Å². The SMILES string of the molecule is CCCCCCCCCCCCCCCCCCCCCCC[PH2]=O. The molecule has 1 unspecified atom stereocenters. The standard InChI is InChI=1S/C23H49OP/c1-2-3-4-5-6-7-8-9-10-11-12-13-14-15-16-17-18-19-20-21-22-23-25-24/h2-23,25H2,1H3. The molecule has 25 heavy (non-hydrogen) atoms. The molecule has 0 N–H and O–H groups in total. The minimum atomic E-state index is -0.494. The summed E-state index contributed by atoms with van der Waals surface area (Å²) in [4.78, 5) is 0. The molecule has 0 aromatic heterocycles. The van der Waals surface area contributed by atoms with Gasteiger partial charge in [-0.1, -0.05) is 135 Å². The largest absolute Gasteiger partial charge is 0.330 e. The summed E-state index contributed by atoms with van der Waals surface area (Å²) in [5, 5.41) is 0. The molecule has 0 radical (unpaired) electrons. The molecule has 2 heteroatoms. The van der Waals surface area contributed by atoms with Crippen LogP contribution in [0.5, 0.6) is 0 Å². The minimum Gasteiger partial charge on any atom is -0.330 e. The van der Waals surface area contributed by atoms with Crippen LogP contribution in [0.2, 0.25) is 0 Å². The van der Waals surface area contributed by atoms with Gasteiger partial charge in [-0.2, -0.15) is 0 Å². The lowest BCUT2D eigenvalue weighted by atomic mass is 10.0. The molecule has 0 aliphatic rings.